The minimum atomic E-state index is -0.128. The smallest absolute Gasteiger partial charge is 0.254 e. The predicted molar refractivity (Wildman–Crippen MR) is 71.1 cm³/mol. The zero-order chi connectivity index (χ0) is 13.7. The van der Waals surface area contributed by atoms with Gasteiger partial charge in [0.2, 0.25) is 5.91 Å². The van der Waals surface area contributed by atoms with Crippen molar-refractivity contribution in [3.8, 4) is 5.75 Å². The Bertz CT molecular complexity index is 474. The second-order valence-corrected chi connectivity index (χ2v) is 4.45. The molecule has 5 heteroatoms. The van der Waals surface area contributed by atoms with E-state index in [1.54, 1.807) is 23.1 Å². The molecule has 1 aromatic rings. The number of nitrogens with one attached hydrogen (secondary N) is 1. The summed E-state index contributed by atoms with van der Waals surface area (Å²) >= 11 is 0. The lowest BCUT2D eigenvalue weighted by Gasteiger charge is -2.26. The first-order valence-electron chi connectivity index (χ1n) is 6.49. The van der Waals surface area contributed by atoms with Gasteiger partial charge in [-0.1, -0.05) is 13.0 Å². The lowest BCUT2D eigenvalue weighted by atomic mass is 10.1. The number of amides is 2. The number of nitrogens with zero attached hydrogens (tertiary/aromatic N) is 1. The monoisotopic (exact) mass is 262 g/mol. The number of hydrogen-bond acceptors (Lipinski definition) is 3. The predicted octanol–water partition coefficient (Wildman–Crippen LogP) is 1.05. The summed E-state index contributed by atoms with van der Waals surface area (Å²) in [6.45, 7) is 3.84. The van der Waals surface area contributed by atoms with Gasteiger partial charge in [0.05, 0.1) is 13.2 Å². The van der Waals surface area contributed by atoms with Crippen LogP contribution in [-0.2, 0) is 4.79 Å². The minimum absolute atomic E-state index is 0.113. The van der Waals surface area contributed by atoms with Crippen LogP contribution < -0.4 is 10.1 Å². The lowest BCUT2D eigenvalue weighted by molar-refractivity contribution is -0.123. The number of carbonyl (C=O) groups is 2. The Morgan fingerprint density at radius 1 is 1.47 bits per heavy atom. The number of carbonyl (C=O) groups excluding carboxylic acids is 2. The van der Waals surface area contributed by atoms with E-state index in [1.165, 1.54) is 0 Å². The van der Waals surface area contributed by atoms with Crippen LogP contribution >= 0.6 is 0 Å². The number of benzene rings is 1. The molecule has 0 unspecified atom stereocenters. The van der Waals surface area contributed by atoms with E-state index >= 15 is 0 Å². The molecular formula is C14H18N2O3. The zero-order valence-corrected chi connectivity index (χ0v) is 11.0. The van der Waals surface area contributed by atoms with Gasteiger partial charge in [0.15, 0.2) is 0 Å². The fraction of sp³-hybridized carbons (Fsp3) is 0.429. The SMILES string of the molecule is CCCOc1cccc(C(=O)N2CCNC(=O)C2)c1. The molecule has 102 valence electrons. The summed E-state index contributed by atoms with van der Waals surface area (Å²) in [5, 5.41) is 2.70. The number of ether oxygens (including phenoxy) is 1. The maximum Gasteiger partial charge on any atom is 0.254 e. The second-order valence-electron chi connectivity index (χ2n) is 4.45. The summed E-state index contributed by atoms with van der Waals surface area (Å²) in [6.07, 6.45) is 0.921. The fourth-order valence-corrected chi connectivity index (χ4v) is 1.93. The Morgan fingerprint density at radius 2 is 2.32 bits per heavy atom. The van der Waals surface area contributed by atoms with E-state index in [4.69, 9.17) is 4.74 Å². The zero-order valence-electron chi connectivity index (χ0n) is 11.0. The Kier molecular flexibility index (Phi) is 4.39. The van der Waals surface area contributed by atoms with Gasteiger partial charge in [-0.15, -0.1) is 0 Å². The van der Waals surface area contributed by atoms with E-state index in [1.807, 2.05) is 13.0 Å². The topological polar surface area (TPSA) is 58.6 Å². The highest BCUT2D eigenvalue weighted by molar-refractivity contribution is 5.97. The van der Waals surface area contributed by atoms with E-state index in [-0.39, 0.29) is 18.4 Å². The molecule has 19 heavy (non-hydrogen) atoms. The van der Waals surface area contributed by atoms with Crippen molar-refractivity contribution in [2.24, 2.45) is 0 Å². The van der Waals surface area contributed by atoms with Crippen LogP contribution in [0.15, 0.2) is 24.3 Å². The third-order valence-electron chi connectivity index (χ3n) is 2.88. The van der Waals surface area contributed by atoms with Gasteiger partial charge >= 0.3 is 0 Å². The average Bonchev–Trinajstić information content (AvgIpc) is 2.44. The maximum atomic E-state index is 12.3. The van der Waals surface area contributed by atoms with Crippen LogP contribution in [0.4, 0.5) is 0 Å². The first-order valence-corrected chi connectivity index (χ1v) is 6.49. The number of hydrogen-bond donors (Lipinski definition) is 1. The Hall–Kier alpha value is -2.04. The highest BCUT2D eigenvalue weighted by atomic mass is 16.5. The number of piperazine rings is 1. The molecule has 5 nitrogen and oxygen atoms in total. The minimum Gasteiger partial charge on any atom is -0.494 e. The van der Waals surface area contributed by atoms with Crippen LogP contribution in [0.2, 0.25) is 0 Å². The maximum absolute atomic E-state index is 12.3. The molecule has 1 heterocycles. The van der Waals surface area contributed by atoms with Crippen molar-refractivity contribution in [3.63, 3.8) is 0 Å². The standard InChI is InChI=1S/C14H18N2O3/c1-2-8-19-12-5-3-4-11(9-12)14(18)16-7-6-15-13(17)10-16/h3-5,9H,2,6-8,10H2,1H3,(H,15,17). The van der Waals surface area contributed by atoms with E-state index in [0.29, 0.717) is 31.0 Å². The molecule has 0 aliphatic carbocycles. The van der Waals surface area contributed by atoms with Gasteiger partial charge in [0, 0.05) is 18.7 Å². The van der Waals surface area contributed by atoms with Crippen molar-refractivity contribution in [3.05, 3.63) is 29.8 Å². The van der Waals surface area contributed by atoms with E-state index < -0.39 is 0 Å². The first kappa shape index (κ1) is 13.4. The van der Waals surface area contributed by atoms with E-state index in [0.717, 1.165) is 6.42 Å². The Labute approximate surface area is 112 Å². The van der Waals surface area contributed by atoms with Crippen LogP contribution in [0.1, 0.15) is 23.7 Å². The molecule has 0 atom stereocenters. The van der Waals surface area contributed by atoms with Crippen LogP contribution in [0.3, 0.4) is 0 Å². The van der Waals surface area contributed by atoms with Gasteiger partial charge in [-0.05, 0) is 24.6 Å². The van der Waals surface area contributed by atoms with Gasteiger partial charge < -0.3 is 15.0 Å². The highest BCUT2D eigenvalue weighted by Gasteiger charge is 2.22. The second kappa shape index (κ2) is 6.22. The Balaban J connectivity index is 2.07. The summed E-state index contributed by atoms with van der Waals surface area (Å²) in [5.74, 6) is 0.448. The van der Waals surface area contributed by atoms with Gasteiger partial charge in [0.1, 0.15) is 5.75 Å². The summed E-state index contributed by atoms with van der Waals surface area (Å²) in [5.41, 5.74) is 0.559. The third kappa shape index (κ3) is 3.47. The van der Waals surface area contributed by atoms with Crippen molar-refractivity contribution in [2.75, 3.05) is 26.2 Å². The van der Waals surface area contributed by atoms with Gasteiger partial charge in [0.25, 0.3) is 5.91 Å². The van der Waals surface area contributed by atoms with Crippen LogP contribution in [0.5, 0.6) is 5.75 Å². The molecule has 0 radical (unpaired) electrons. The molecule has 1 N–H and O–H groups in total. The third-order valence-corrected chi connectivity index (χ3v) is 2.88. The molecule has 1 aliphatic rings. The van der Waals surface area contributed by atoms with Gasteiger partial charge in [-0.2, -0.15) is 0 Å². The molecule has 2 rings (SSSR count). The molecule has 0 aromatic heterocycles. The quantitative estimate of drug-likeness (QED) is 0.882. The highest BCUT2D eigenvalue weighted by Crippen LogP contribution is 2.15. The van der Waals surface area contributed by atoms with Crippen molar-refractivity contribution in [2.45, 2.75) is 13.3 Å². The summed E-state index contributed by atoms with van der Waals surface area (Å²) in [4.78, 5) is 25.1. The molecule has 0 saturated carbocycles. The fourth-order valence-electron chi connectivity index (χ4n) is 1.93. The van der Waals surface area contributed by atoms with E-state index in [9.17, 15) is 9.59 Å². The molecule has 1 saturated heterocycles. The van der Waals surface area contributed by atoms with Crippen molar-refractivity contribution < 1.29 is 14.3 Å². The summed E-state index contributed by atoms with van der Waals surface area (Å²) in [6, 6.07) is 7.09. The normalized spacial score (nSPS) is 15.0. The molecule has 1 fully saturated rings. The summed E-state index contributed by atoms with van der Waals surface area (Å²) < 4.78 is 5.50. The van der Waals surface area contributed by atoms with Gasteiger partial charge in [-0.25, -0.2) is 0 Å². The molecule has 0 bridgehead atoms. The van der Waals surface area contributed by atoms with Crippen molar-refractivity contribution in [1.29, 1.82) is 0 Å². The lowest BCUT2D eigenvalue weighted by Crippen LogP contribution is -2.49. The molecule has 2 amide bonds. The van der Waals surface area contributed by atoms with Crippen LogP contribution in [0.25, 0.3) is 0 Å². The number of rotatable bonds is 4. The van der Waals surface area contributed by atoms with Crippen molar-refractivity contribution >= 4 is 11.8 Å². The van der Waals surface area contributed by atoms with Crippen LogP contribution in [0, 0.1) is 0 Å². The molecular weight excluding hydrogens is 244 g/mol. The molecule has 0 spiro atoms. The van der Waals surface area contributed by atoms with E-state index in [2.05, 4.69) is 5.32 Å². The first-order chi connectivity index (χ1) is 9.20. The summed E-state index contributed by atoms with van der Waals surface area (Å²) in [7, 11) is 0. The molecule has 1 aromatic carbocycles. The van der Waals surface area contributed by atoms with Gasteiger partial charge in [-0.3, -0.25) is 9.59 Å². The average molecular weight is 262 g/mol. The molecule has 1 aliphatic heterocycles. The Morgan fingerprint density at radius 3 is 3.05 bits per heavy atom. The van der Waals surface area contributed by atoms with Crippen LogP contribution in [-0.4, -0.2) is 43.0 Å². The largest absolute Gasteiger partial charge is 0.494 e. The van der Waals surface area contributed by atoms with Crippen molar-refractivity contribution in [1.82, 2.24) is 10.2 Å².